The third kappa shape index (κ3) is 1.79. The van der Waals surface area contributed by atoms with E-state index in [0.29, 0.717) is 24.9 Å². The second-order valence-electron chi connectivity index (χ2n) is 2.47. The van der Waals surface area contributed by atoms with Gasteiger partial charge in [-0.1, -0.05) is 11.3 Å². The van der Waals surface area contributed by atoms with Crippen molar-refractivity contribution >= 4 is 28.8 Å². The predicted octanol–water partition coefficient (Wildman–Crippen LogP) is 0.621. The van der Waals surface area contributed by atoms with Crippen LogP contribution in [-0.2, 0) is 4.74 Å². The number of hydrogen-bond acceptors (Lipinski definition) is 5. The zero-order chi connectivity index (χ0) is 9.26. The molecule has 1 aliphatic rings. The van der Waals surface area contributed by atoms with E-state index in [2.05, 4.69) is 10.2 Å². The van der Waals surface area contributed by atoms with Crippen LogP contribution in [0.5, 0.6) is 0 Å². The summed E-state index contributed by atoms with van der Waals surface area (Å²) in [6.45, 7) is 1.52. The van der Waals surface area contributed by atoms with Crippen molar-refractivity contribution in [2.75, 3.05) is 19.9 Å². The van der Waals surface area contributed by atoms with Gasteiger partial charge >= 0.3 is 0 Å². The van der Waals surface area contributed by atoms with Crippen LogP contribution in [0.4, 0.5) is 0 Å². The van der Waals surface area contributed by atoms with E-state index in [0.717, 1.165) is 11.3 Å². The molecule has 0 bridgehead atoms. The van der Waals surface area contributed by atoms with Crippen molar-refractivity contribution in [3.05, 3.63) is 9.47 Å². The highest BCUT2D eigenvalue weighted by atomic mass is 35.5. The summed E-state index contributed by atoms with van der Waals surface area (Å²) in [5, 5.41) is 7.52. The molecule has 5 nitrogen and oxygen atoms in total. The van der Waals surface area contributed by atoms with Gasteiger partial charge in [-0.25, -0.2) is 0 Å². The van der Waals surface area contributed by atoms with Crippen molar-refractivity contribution in [3.8, 4) is 0 Å². The number of nitrogens with zero attached hydrogens (tertiary/aromatic N) is 3. The number of carbonyl (C=O) groups is 1. The summed E-state index contributed by atoms with van der Waals surface area (Å²) in [6, 6.07) is 0. The predicted molar refractivity (Wildman–Crippen MR) is 46.8 cm³/mol. The minimum absolute atomic E-state index is 0.165. The van der Waals surface area contributed by atoms with Crippen LogP contribution in [0, 0.1) is 0 Å². The summed E-state index contributed by atoms with van der Waals surface area (Å²) in [4.78, 5) is 13.1. The van der Waals surface area contributed by atoms with E-state index in [4.69, 9.17) is 16.3 Å². The van der Waals surface area contributed by atoms with Gasteiger partial charge < -0.3 is 9.64 Å². The topological polar surface area (TPSA) is 55.3 Å². The van der Waals surface area contributed by atoms with Crippen molar-refractivity contribution in [1.82, 2.24) is 15.1 Å². The molecule has 7 heteroatoms. The molecule has 2 rings (SSSR count). The molecule has 1 fully saturated rings. The first-order valence-electron chi connectivity index (χ1n) is 3.63. The third-order valence-electron chi connectivity index (χ3n) is 1.62. The zero-order valence-electron chi connectivity index (χ0n) is 6.57. The van der Waals surface area contributed by atoms with Crippen LogP contribution in [0.1, 0.15) is 9.80 Å². The number of halogens is 1. The molecular weight excluding hydrogens is 214 g/mol. The minimum atomic E-state index is -0.165. The third-order valence-corrected chi connectivity index (χ3v) is 2.63. The Balaban J connectivity index is 2.12. The zero-order valence-corrected chi connectivity index (χ0v) is 8.14. The summed E-state index contributed by atoms with van der Waals surface area (Å²) >= 11 is 6.63. The van der Waals surface area contributed by atoms with Crippen LogP contribution in [0.15, 0.2) is 0 Å². The second-order valence-corrected chi connectivity index (χ2v) is 4.03. The van der Waals surface area contributed by atoms with Gasteiger partial charge in [0.05, 0.1) is 6.61 Å². The molecule has 0 spiro atoms. The lowest BCUT2D eigenvalue weighted by atomic mass is 10.5. The van der Waals surface area contributed by atoms with Gasteiger partial charge in [0.15, 0.2) is 0 Å². The van der Waals surface area contributed by atoms with Gasteiger partial charge in [-0.05, 0) is 11.6 Å². The van der Waals surface area contributed by atoms with Crippen molar-refractivity contribution in [2.45, 2.75) is 0 Å². The molecule has 13 heavy (non-hydrogen) atoms. The smallest absolute Gasteiger partial charge is 0.286 e. The maximum Gasteiger partial charge on any atom is 0.286 e. The highest BCUT2D eigenvalue weighted by molar-refractivity contribution is 7.17. The van der Waals surface area contributed by atoms with E-state index in [1.54, 1.807) is 4.90 Å². The molecule has 0 aliphatic carbocycles. The lowest BCUT2D eigenvalue weighted by Crippen LogP contribution is -2.28. The minimum Gasteiger partial charge on any atom is -0.359 e. The Morgan fingerprint density at radius 1 is 1.62 bits per heavy atom. The highest BCUT2D eigenvalue weighted by Crippen LogP contribution is 2.17. The molecular formula is C6H6ClN3O2S. The van der Waals surface area contributed by atoms with E-state index in [9.17, 15) is 4.79 Å². The van der Waals surface area contributed by atoms with Crippen LogP contribution in [0.25, 0.3) is 0 Å². The van der Waals surface area contributed by atoms with Crippen molar-refractivity contribution in [2.24, 2.45) is 0 Å². The average molecular weight is 220 g/mol. The molecule has 0 radical (unpaired) electrons. The van der Waals surface area contributed by atoms with Gasteiger partial charge in [0.25, 0.3) is 5.91 Å². The van der Waals surface area contributed by atoms with Gasteiger partial charge in [-0.15, -0.1) is 10.2 Å². The van der Waals surface area contributed by atoms with Gasteiger partial charge in [0, 0.05) is 6.54 Å². The first kappa shape index (κ1) is 8.86. The van der Waals surface area contributed by atoms with E-state index in [-0.39, 0.29) is 10.4 Å². The van der Waals surface area contributed by atoms with Crippen LogP contribution in [-0.4, -0.2) is 40.9 Å². The van der Waals surface area contributed by atoms with E-state index in [1.807, 2.05) is 0 Å². The monoisotopic (exact) mass is 219 g/mol. The molecule has 1 aromatic rings. The summed E-state index contributed by atoms with van der Waals surface area (Å²) < 4.78 is 5.32. The lowest BCUT2D eigenvalue weighted by molar-refractivity contribution is 0.0693. The number of aromatic nitrogens is 2. The Hall–Kier alpha value is -0.720. The number of ether oxygens (including phenoxy) is 1. The number of hydrogen-bond donors (Lipinski definition) is 0. The standard InChI is InChI=1S/C6H6ClN3O2S/c7-6-9-8-4(13-6)5(11)10-1-2-12-3-10/h1-3H2. The molecule has 1 aliphatic heterocycles. The van der Waals surface area contributed by atoms with Gasteiger partial charge in [0.1, 0.15) is 6.73 Å². The fourth-order valence-corrected chi connectivity index (χ4v) is 1.80. The van der Waals surface area contributed by atoms with Gasteiger partial charge in [0.2, 0.25) is 9.47 Å². The first-order chi connectivity index (χ1) is 6.27. The molecule has 1 aromatic heterocycles. The molecule has 1 amide bonds. The summed E-state index contributed by atoms with van der Waals surface area (Å²) in [7, 11) is 0. The fraction of sp³-hybridized carbons (Fsp3) is 0.500. The van der Waals surface area contributed by atoms with Crippen molar-refractivity contribution < 1.29 is 9.53 Å². The number of rotatable bonds is 1. The molecule has 0 saturated carbocycles. The van der Waals surface area contributed by atoms with E-state index in [1.165, 1.54) is 0 Å². The average Bonchev–Trinajstić information content (AvgIpc) is 2.72. The first-order valence-corrected chi connectivity index (χ1v) is 4.83. The van der Waals surface area contributed by atoms with Gasteiger partial charge in [-0.2, -0.15) is 0 Å². The summed E-state index contributed by atoms with van der Waals surface area (Å²) in [5.74, 6) is -0.165. The quantitative estimate of drug-likeness (QED) is 0.695. The highest BCUT2D eigenvalue weighted by Gasteiger charge is 2.22. The summed E-state index contributed by atoms with van der Waals surface area (Å²) in [6.07, 6.45) is 0. The van der Waals surface area contributed by atoms with Crippen molar-refractivity contribution in [3.63, 3.8) is 0 Å². The fourth-order valence-electron chi connectivity index (χ4n) is 1.00. The Labute approximate surface area is 83.3 Å². The normalized spacial score (nSPS) is 16.5. The Morgan fingerprint density at radius 3 is 3.00 bits per heavy atom. The van der Waals surface area contributed by atoms with E-state index >= 15 is 0 Å². The summed E-state index contributed by atoms with van der Waals surface area (Å²) in [5.41, 5.74) is 0. The van der Waals surface area contributed by atoms with Gasteiger partial charge in [-0.3, -0.25) is 4.79 Å². The SMILES string of the molecule is O=C(c1nnc(Cl)s1)N1CCOC1. The molecule has 1 saturated heterocycles. The Kier molecular flexibility index (Phi) is 2.43. The maximum atomic E-state index is 11.6. The molecule has 0 atom stereocenters. The molecule has 0 unspecified atom stereocenters. The lowest BCUT2D eigenvalue weighted by Gasteiger charge is -2.09. The molecule has 0 aromatic carbocycles. The Bertz CT molecular complexity index is 323. The maximum absolute atomic E-state index is 11.6. The number of amides is 1. The van der Waals surface area contributed by atoms with Crippen molar-refractivity contribution in [1.29, 1.82) is 0 Å². The molecule has 2 heterocycles. The Morgan fingerprint density at radius 2 is 2.46 bits per heavy atom. The van der Waals surface area contributed by atoms with E-state index < -0.39 is 0 Å². The van der Waals surface area contributed by atoms with Crippen LogP contribution >= 0.6 is 22.9 Å². The molecule has 0 N–H and O–H groups in total. The largest absolute Gasteiger partial charge is 0.359 e. The second kappa shape index (κ2) is 3.57. The number of carbonyl (C=O) groups excluding carboxylic acids is 1. The van der Waals surface area contributed by atoms with Crippen LogP contribution < -0.4 is 0 Å². The van der Waals surface area contributed by atoms with Crippen LogP contribution in [0.3, 0.4) is 0 Å². The van der Waals surface area contributed by atoms with Crippen LogP contribution in [0.2, 0.25) is 4.47 Å². The molecule has 70 valence electrons.